The SMILES string of the molecule is Cc1cc(C)n2nc(CC(=O)N3CCC4(CCNC4)CC3)nc2n1. The van der Waals surface area contributed by atoms with Crippen molar-refractivity contribution < 1.29 is 4.79 Å². The number of carbonyl (C=O) groups excluding carboxylic acids is 1. The highest BCUT2D eigenvalue weighted by molar-refractivity contribution is 5.78. The van der Waals surface area contributed by atoms with E-state index in [2.05, 4.69) is 20.4 Å². The maximum Gasteiger partial charge on any atom is 0.252 e. The number of aryl methyl sites for hydroxylation is 2. The summed E-state index contributed by atoms with van der Waals surface area (Å²) in [5.41, 5.74) is 2.32. The molecule has 0 aliphatic carbocycles. The second-order valence-electron chi connectivity index (χ2n) is 7.26. The standard InChI is InChI=1S/C17H24N6O/c1-12-9-13(2)23-16(19-12)20-14(21-23)10-15(24)22-7-4-17(5-8-22)3-6-18-11-17/h9,18H,3-8,10-11H2,1-2H3. The molecule has 0 bridgehead atoms. The van der Waals surface area contributed by atoms with Gasteiger partial charge in [-0.3, -0.25) is 4.79 Å². The fourth-order valence-corrected chi connectivity index (χ4v) is 3.98. The molecular weight excluding hydrogens is 304 g/mol. The van der Waals surface area contributed by atoms with Crippen LogP contribution in [-0.4, -0.2) is 56.6 Å². The van der Waals surface area contributed by atoms with Crippen molar-refractivity contribution in [1.29, 1.82) is 0 Å². The number of piperidine rings is 1. The van der Waals surface area contributed by atoms with Gasteiger partial charge in [-0.25, -0.2) is 9.50 Å². The van der Waals surface area contributed by atoms with E-state index in [1.165, 1.54) is 6.42 Å². The quantitative estimate of drug-likeness (QED) is 0.886. The predicted molar refractivity (Wildman–Crippen MR) is 89.7 cm³/mol. The lowest BCUT2D eigenvalue weighted by molar-refractivity contribution is -0.132. The molecule has 4 rings (SSSR count). The van der Waals surface area contributed by atoms with Crippen LogP contribution in [0.15, 0.2) is 6.07 Å². The number of carbonyl (C=O) groups is 1. The van der Waals surface area contributed by atoms with Gasteiger partial charge in [0.2, 0.25) is 5.91 Å². The first-order chi connectivity index (χ1) is 11.5. The summed E-state index contributed by atoms with van der Waals surface area (Å²) >= 11 is 0. The van der Waals surface area contributed by atoms with E-state index in [0.29, 0.717) is 17.0 Å². The van der Waals surface area contributed by atoms with Crippen molar-refractivity contribution in [3.63, 3.8) is 0 Å². The molecule has 2 aromatic rings. The van der Waals surface area contributed by atoms with Gasteiger partial charge in [-0.2, -0.15) is 4.98 Å². The average Bonchev–Trinajstić information content (AvgIpc) is 3.15. The highest BCUT2D eigenvalue weighted by Gasteiger charge is 2.38. The monoisotopic (exact) mass is 328 g/mol. The highest BCUT2D eigenvalue weighted by Crippen LogP contribution is 2.36. The van der Waals surface area contributed by atoms with Crippen LogP contribution >= 0.6 is 0 Å². The number of amides is 1. The molecule has 7 nitrogen and oxygen atoms in total. The van der Waals surface area contributed by atoms with E-state index >= 15 is 0 Å². The van der Waals surface area contributed by atoms with E-state index < -0.39 is 0 Å². The maximum atomic E-state index is 12.6. The van der Waals surface area contributed by atoms with Crippen molar-refractivity contribution in [3.8, 4) is 0 Å². The largest absolute Gasteiger partial charge is 0.342 e. The number of fused-ring (bicyclic) bond motifs is 1. The smallest absolute Gasteiger partial charge is 0.252 e. The van der Waals surface area contributed by atoms with E-state index in [1.807, 2.05) is 24.8 Å². The molecule has 0 radical (unpaired) electrons. The minimum Gasteiger partial charge on any atom is -0.342 e. The van der Waals surface area contributed by atoms with Crippen LogP contribution in [-0.2, 0) is 11.2 Å². The van der Waals surface area contributed by atoms with Crippen molar-refractivity contribution in [3.05, 3.63) is 23.3 Å². The molecule has 2 fully saturated rings. The summed E-state index contributed by atoms with van der Waals surface area (Å²) in [4.78, 5) is 23.4. The molecule has 7 heteroatoms. The number of nitrogens with one attached hydrogen (secondary N) is 1. The number of hydrogen-bond donors (Lipinski definition) is 1. The molecule has 2 aliphatic rings. The van der Waals surface area contributed by atoms with Crippen LogP contribution in [0.1, 0.15) is 36.5 Å². The molecule has 1 amide bonds. The Hall–Kier alpha value is -2.02. The predicted octanol–water partition coefficient (Wildman–Crippen LogP) is 0.886. The van der Waals surface area contributed by atoms with Crippen LogP contribution in [0.3, 0.4) is 0 Å². The molecule has 4 heterocycles. The minimum atomic E-state index is 0.126. The molecule has 0 saturated carbocycles. The van der Waals surface area contributed by atoms with Crippen molar-refractivity contribution in [2.24, 2.45) is 5.41 Å². The minimum absolute atomic E-state index is 0.126. The molecule has 1 spiro atoms. The Morgan fingerprint density at radius 2 is 2.04 bits per heavy atom. The van der Waals surface area contributed by atoms with E-state index in [1.54, 1.807) is 4.52 Å². The summed E-state index contributed by atoms with van der Waals surface area (Å²) in [6.07, 6.45) is 3.70. The Morgan fingerprint density at radius 1 is 1.25 bits per heavy atom. The van der Waals surface area contributed by atoms with Crippen molar-refractivity contribution in [1.82, 2.24) is 29.8 Å². The lowest BCUT2D eigenvalue weighted by Gasteiger charge is -2.38. The second kappa shape index (κ2) is 5.81. The zero-order valence-corrected chi connectivity index (χ0v) is 14.4. The van der Waals surface area contributed by atoms with E-state index in [0.717, 1.165) is 50.4 Å². The zero-order chi connectivity index (χ0) is 16.7. The summed E-state index contributed by atoms with van der Waals surface area (Å²) in [5, 5.41) is 7.90. The van der Waals surface area contributed by atoms with Gasteiger partial charge in [-0.15, -0.1) is 5.10 Å². The molecular formula is C17H24N6O. The first kappa shape index (κ1) is 15.5. The third-order valence-electron chi connectivity index (χ3n) is 5.48. The fourth-order valence-electron chi connectivity index (χ4n) is 3.98. The summed E-state index contributed by atoms with van der Waals surface area (Å²) in [6, 6.07) is 1.97. The number of rotatable bonds is 2. The summed E-state index contributed by atoms with van der Waals surface area (Å²) < 4.78 is 1.71. The van der Waals surface area contributed by atoms with Crippen LogP contribution in [0, 0.1) is 19.3 Å². The number of nitrogens with zero attached hydrogens (tertiary/aromatic N) is 5. The molecule has 24 heavy (non-hydrogen) atoms. The average molecular weight is 328 g/mol. The van der Waals surface area contributed by atoms with Crippen molar-refractivity contribution >= 4 is 11.7 Å². The van der Waals surface area contributed by atoms with E-state index in [9.17, 15) is 4.79 Å². The molecule has 0 aromatic carbocycles. The highest BCUT2D eigenvalue weighted by atomic mass is 16.2. The second-order valence-corrected chi connectivity index (χ2v) is 7.26. The third-order valence-corrected chi connectivity index (χ3v) is 5.48. The van der Waals surface area contributed by atoms with Gasteiger partial charge in [0.25, 0.3) is 5.78 Å². The topological polar surface area (TPSA) is 75.4 Å². The summed E-state index contributed by atoms with van der Waals surface area (Å²) in [5.74, 6) is 1.26. The zero-order valence-electron chi connectivity index (χ0n) is 14.4. The summed E-state index contributed by atoms with van der Waals surface area (Å²) in [6.45, 7) is 7.84. The van der Waals surface area contributed by atoms with Crippen molar-refractivity contribution in [2.75, 3.05) is 26.2 Å². The maximum absolute atomic E-state index is 12.6. The molecule has 0 atom stereocenters. The Morgan fingerprint density at radius 3 is 2.75 bits per heavy atom. The molecule has 1 N–H and O–H groups in total. The normalized spacial score (nSPS) is 20.2. The molecule has 2 aromatic heterocycles. The Balaban J connectivity index is 1.44. The molecule has 128 valence electrons. The Kier molecular flexibility index (Phi) is 3.75. The third kappa shape index (κ3) is 2.77. The van der Waals surface area contributed by atoms with Crippen molar-refractivity contribution in [2.45, 2.75) is 39.5 Å². The van der Waals surface area contributed by atoms with E-state index in [-0.39, 0.29) is 12.3 Å². The van der Waals surface area contributed by atoms with Gasteiger partial charge in [0.1, 0.15) is 0 Å². The number of hydrogen-bond acceptors (Lipinski definition) is 5. The molecule has 0 unspecified atom stereocenters. The lowest BCUT2D eigenvalue weighted by atomic mass is 9.78. The molecule has 2 saturated heterocycles. The number of aromatic nitrogens is 4. The van der Waals surface area contributed by atoms with Gasteiger partial charge in [0.15, 0.2) is 5.82 Å². The van der Waals surface area contributed by atoms with Crippen LogP contribution < -0.4 is 5.32 Å². The lowest BCUT2D eigenvalue weighted by Crippen LogP contribution is -2.44. The fraction of sp³-hybridized carbons (Fsp3) is 0.647. The van der Waals surface area contributed by atoms with Crippen LogP contribution in [0.25, 0.3) is 5.78 Å². The summed E-state index contributed by atoms with van der Waals surface area (Å²) in [7, 11) is 0. The molecule has 2 aliphatic heterocycles. The van der Waals surface area contributed by atoms with Gasteiger partial charge in [0, 0.05) is 31.0 Å². The van der Waals surface area contributed by atoms with Crippen LogP contribution in [0.5, 0.6) is 0 Å². The van der Waals surface area contributed by atoms with Gasteiger partial charge in [-0.05, 0) is 51.1 Å². The van der Waals surface area contributed by atoms with Gasteiger partial charge < -0.3 is 10.2 Å². The van der Waals surface area contributed by atoms with Gasteiger partial charge in [-0.1, -0.05) is 0 Å². The Labute approximate surface area is 141 Å². The van der Waals surface area contributed by atoms with E-state index in [4.69, 9.17) is 0 Å². The van der Waals surface area contributed by atoms with Crippen LogP contribution in [0.2, 0.25) is 0 Å². The first-order valence-electron chi connectivity index (χ1n) is 8.73. The van der Waals surface area contributed by atoms with Gasteiger partial charge >= 0.3 is 0 Å². The van der Waals surface area contributed by atoms with Gasteiger partial charge in [0.05, 0.1) is 6.42 Å². The Bertz CT molecular complexity index is 767. The first-order valence-corrected chi connectivity index (χ1v) is 8.73. The number of likely N-dealkylation sites (tertiary alicyclic amines) is 1. The van der Waals surface area contributed by atoms with Crippen LogP contribution in [0.4, 0.5) is 0 Å².